The van der Waals surface area contributed by atoms with Crippen LogP contribution >= 0.6 is 0 Å². The predicted octanol–water partition coefficient (Wildman–Crippen LogP) is 5.44. The van der Waals surface area contributed by atoms with Gasteiger partial charge < -0.3 is 39.5 Å². The first-order chi connectivity index (χ1) is 24.6. The molecule has 2 saturated heterocycles. The van der Waals surface area contributed by atoms with Crippen molar-refractivity contribution >= 4 is 12.1 Å². The number of epoxide rings is 1. The predicted molar refractivity (Wildman–Crippen MR) is 200 cm³/mol. The van der Waals surface area contributed by atoms with Crippen LogP contribution in [0.2, 0.25) is 0 Å². The van der Waals surface area contributed by atoms with Crippen LogP contribution in [-0.2, 0) is 19.0 Å². The number of aliphatic hydroxyl groups excluding tert-OH is 2. The van der Waals surface area contributed by atoms with Crippen LogP contribution in [0.25, 0.3) is 0 Å². The number of esters is 1. The zero-order valence-corrected chi connectivity index (χ0v) is 32.6. The summed E-state index contributed by atoms with van der Waals surface area (Å²) in [6.07, 6.45) is 14.8. The second kappa shape index (κ2) is 19.4. The highest BCUT2D eigenvalue weighted by Crippen LogP contribution is 2.37. The van der Waals surface area contributed by atoms with Gasteiger partial charge in [0.2, 0.25) is 0 Å². The van der Waals surface area contributed by atoms with Gasteiger partial charge in [-0.1, -0.05) is 77.2 Å². The minimum atomic E-state index is -1.48. The maximum Gasteiger partial charge on any atom is 0.410 e. The number of cyclic esters (lactones) is 1. The average molecular weight is 733 g/mol. The molecule has 11 nitrogen and oxygen atoms in total. The van der Waals surface area contributed by atoms with Crippen LogP contribution in [0, 0.1) is 11.8 Å². The van der Waals surface area contributed by atoms with E-state index in [0.717, 1.165) is 13.1 Å². The van der Waals surface area contributed by atoms with Gasteiger partial charge in [-0.15, -0.1) is 0 Å². The lowest BCUT2D eigenvalue weighted by molar-refractivity contribution is -0.151. The number of allylic oxidation sites excluding steroid dienone is 2. The molecule has 1 amide bonds. The van der Waals surface area contributed by atoms with Crippen LogP contribution in [0.5, 0.6) is 0 Å². The molecule has 10 atom stereocenters. The van der Waals surface area contributed by atoms with Crippen molar-refractivity contribution in [2.75, 3.05) is 26.2 Å². The molecule has 0 bridgehead atoms. The Morgan fingerprint density at radius 1 is 1.12 bits per heavy atom. The number of rotatable bonds is 10. The average Bonchev–Trinajstić information content (AvgIpc) is 3.84. The number of ether oxygens (including phenoxy) is 3. The lowest BCUT2D eigenvalue weighted by atomic mass is 9.88. The standard InChI is InChI=1S/C41H68N2O9/c1-7-33(45)30(4)38-34(50-38)27-40(5,48)20-13-14-28(2)37-29(3)17-18-35(41(6,49)21-19-32(44)26-36(46)52-37)51-39(47)43-24-22-42(23-25-43)31-15-11-9-8-10-12-16-31/h13-14,17-18,20,29-35,37-38,44-45,48-49H,7-12,15-16,19,21-27H2,1-6H3/b18-17+,20-13+,28-14+. The first kappa shape index (κ1) is 42.5. The Morgan fingerprint density at radius 2 is 1.77 bits per heavy atom. The van der Waals surface area contributed by atoms with E-state index in [9.17, 15) is 30.0 Å². The first-order valence-electron chi connectivity index (χ1n) is 20.0. The van der Waals surface area contributed by atoms with Crippen LogP contribution in [0.15, 0.2) is 36.0 Å². The van der Waals surface area contributed by atoms with Gasteiger partial charge in [-0.2, -0.15) is 0 Å². The van der Waals surface area contributed by atoms with E-state index in [-0.39, 0.29) is 43.3 Å². The maximum absolute atomic E-state index is 13.5. The van der Waals surface area contributed by atoms with Gasteiger partial charge in [-0.25, -0.2) is 4.79 Å². The van der Waals surface area contributed by atoms with E-state index >= 15 is 0 Å². The Morgan fingerprint density at radius 3 is 2.42 bits per heavy atom. The highest BCUT2D eigenvalue weighted by molar-refractivity contribution is 5.70. The Kier molecular flexibility index (Phi) is 15.8. The molecule has 0 spiro atoms. The van der Waals surface area contributed by atoms with Gasteiger partial charge in [-0.3, -0.25) is 9.69 Å². The summed E-state index contributed by atoms with van der Waals surface area (Å²) in [5, 5.41) is 43.5. The summed E-state index contributed by atoms with van der Waals surface area (Å²) in [6, 6.07) is 0.574. The summed E-state index contributed by atoms with van der Waals surface area (Å²) in [5.74, 6) is -0.936. The van der Waals surface area contributed by atoms with Crippen molar-refractivity contribution in [2.24, 2.45) is 11.8 Å². The first-order valence-corrected chi connectivity index (χ1v) is 20.0. The van der Waals surface area contributed by atoms with Crippen molar-refractivity contribution in [2.45, 2.75) is 172 Å². The highest BCUT2D eigenvalue weighted by Gasteiger charge is 2.47. The summed E-state index contributed by atoms with van der Waals surface area (Å²) in [5.41, 5.74) is -1.93. The summed E-state index contributed by atoms with van der Waals surface area (Å²) >= 11 is 0. The number of carbonyl (C=O) groups excluding carboxylic acids is 2. The Labute approximate surface area is 312 Å². The van der Waals surface area contributed by atoms with E-state index in [1.54, 1.807) is 43.1 Å². The Bertz CT molecular complexity index is 1230. The molecule has 52 heavy (non-hydrogen) atoms. The van der Waals surface area contributed by atoms with Crippen LogP contribution in [0.3, 0.4) is 0 Å². The van der Waals surface area contributed by atoms with Gasteiger partial charge in [0.25, 0.3) is 0 Å². The summed E-state index contributed by atoms with van der Waals surface area (Å²) in [6.45, 7) is 13.7. The lowest BCUT2D eigenvalue weighted by Gasteiger charge is -2.40. The third kappa shape index (κ3) is 12.7. The number of amides is 1. The summed E-state index contributed by atoms with van der Waals surface area (Å²) < 4.78 is 17.7. The van der Waals surface area contributed by atoms with Gasteiger partial charge in [0.05, 0.1) is 36.4 Å². The topological polar surface area (TPSA) is 153 Å². The minimum Gasteiger partial charge on any atom is -0.457 e. The lowest BCUT2D eigenvalue weighted by Crippen LogP contribution is -2.53. The van der Waals surface area contributed by atoms with Crippen molar-refractivity contribution in [1.29, 1.82) is 0 Å². The van der Waals surface area contributed by atoms with E-state index in [0.29, 0.717) is 37.5 Å². The number of hydrogen-bond donors (Lipinski definition) is 4. The SMILES string of the molecule is CCC(O)C(C)C1OC1CC(C)(O)/C=C/C=C(\C)C1OC(=O)CC(O)CCC(C)(O)C(OC(=O)N2CCN(C3CCCCCCC3)CC2)/C=C/C1C. The molecule has 0 aromatic heterocycles. The van der Waals surface area contributed by atoms with Gasteiger partial charge >= 0.3 is 12.1 Å². The molecule has 3 fully saturated rings. The third-order valence-electron chi connectivity index (χ3n) is 11.8. The fourth-order valence-electron chi connectivity index (χ4n) is 8.05. The van der Waals surface area contributed by atoms with E-state index in [4.69, 9.17) is 14.2 Å². The molecule has 10 unspecified atom stereocenters. The molecule has 4 N–H and O–H groups in total. The number of hydrogen-bond acceptors (Lipinski definition) is 10. The van der Waals surface area contributed by atoms with Crippen molar-refractivity contribution in [3.63, 3.8) is 0 Å². The van der Waals surface area contributed by atoms with Crippen LogP contribution in [-0.4, -0.2) is 122 Å². The van der Waals surface area contributed by atoms with Crippen LogP contribution in [0.1, 0.15) is 119 Å². The molecule has 4 aliphatic rings. The molecule has 0 aromatic carbocycles. The van der Waals surface area contributed by atoms with Gasteiger partial charge in [0.1, 0.15) is 11.7 Å². The molecule has 3 aliphatic heterocycles. The van der Waals surface area contributed by atoms with Crippen molar-refractivity contribution in [3.8, 4) is 0 Å². The van der Waals surface area contributed by atoms with E-state index in [1.807, 2.05) is 33.8 Å². The molecule has 296 valence electrons. The van der Waals surface area contributed by atoms with Crippen molar-refractivity contribution < 1.29 is 44.2 Å². The number of carbonyl (C=O) groups is 2. The zero-order valence-electron chi connectivity index (χ0n) is 32.6. The molecule has 0 radical (unpaired) electrons. The molecule has 1 aliphatic carbocycles. The largest absolute Gasteiger partial charge is 0.457 e. The fourth-order valence-corrected chi connectivity index (χ4v) is 8.05. The zero-order chi connectivity index (χ0) is 38.1. The third-order valence-corrected chi connectivity index (χ3v) is 11.8. The normalized spacial score (nSPS) is 35.2. The molecular formula is C41H68N2O9. The van der Waals surface area contributed by atoms with Crippen LogP contribution in [0.4, 0.5) is 4.79 Å². The monoisotopic (exact) mass is 732 g/mol. The van der Waals surface area contributed by atoms with E-state index in [1.165, 1.54) is 44.9 Å². The molecule has 11 heteroatoms. The quantitative estimate of drug-likeness (QED) is 0.0989. The van der Waals surface area contributed by atoms with Crippen LogP contribution < -0.4 is 0 Å². The molecule has 0 aromatic rings. The van der Waals surface area contributed by atoms with E-state index in [2.05, 4.69) is 4.90 Å². The molecular weight excluding hydrogens is 664 g/mol. The Hall–Kier alpha value is -2.28. The van der Waals surface area contributed by atoms with Gasteiger partial charge in [0.15, 0.2) is 6.10 Å². The number of nitrogens with zero attached hydrogens (tertiary/aromatic N) is 2. The number of piperazine rings is 1. The van der Waals surface area contributed by atoms with Crippen molar-refractivity contribution in [1.82, 2.24) is 9.80 Å². The second-order valence-corrected chi connectivity index (χ2v) is 16.5. The molecule has 3 heterocycles. The minimum absolute atomic E-state index is 0.0105. The molecule has 4 rings (SSSR count). The van der Waals surface area contributed by atoms with Gasteiger partial charge in [-0.05, 0) is 64.5 Å². The second-order valence-electron chi connectivity index (χ2n) is 16.5. The number of aliphatic hydroxyl groups is 4. The van der Waals surface area contributed by atoms with E-state index < -0.39 is 47.7 Å². The highest BCUT2D eigenvalue weighted by atomic mass is 16.6. The summed E-state index contributed by atoms with van der Waals surface area (Å²) in [7, 11) is 0. The van der Waals surface area contributed by atoms with Gasteiger partial charge in [0, 0.05) is 50.5 Å². The Balaban J connectivity index is 1.41. The molecule has 1 saturated carbocycles. The smallest absolute Gasteiger partial charge is 0.410 e. The van der Waals surface area contributed by atoms with Crippen molar-refractivity contribution in [3.05, 3.63) is 36.0 Å². The summed E-state index contributed by atoms with van der Waals surface area (Å²) in [4.78, 5) is 30.7. The maximum atomic E-state index is 13.5. The fraction of sp³-hybridized carbons (Fsp3) is 0.805.